The minimum atomic E-state index is -0.226. The van der Waals surface area contributed by atoms with Crippen LogP contribution in [0.1, 0.15) is 55.3 Å². The predicted octanol–water partition coefficient (Wildman–Crippen LogP) is 4.83. The van der Waals surface area contributed by atoms with E-state index in [1.165, 1.54) is 25.7 Å². The molecule has 0 saturated heterocycles. The summed E-state index contributed by atoms with van der Waals surface area (Å²) in [7, 11) is 3.95. The predicted molar refractivity (Wildman–Crippen MR) is 93.6 cm³/mol. The first-order valence-electron chi connectivity index (χ1n) is 8.20. The number of rotatable bonds is 11. The van der Waals surface area contributed by atoms with Gasteiger partial charge in [-0.05, 0) is 43.5 Å². The molecule has 0 fully saturated rings. The molecule has 0 heterocycles. The Labute approximate surface area is 135 Å². The van der Waals surface area contributed by atoms with Crippen LogP contribution in [0.2, 0.25) is 0 Å². The van der Waals surface area contributed by atoms with E-state index in [0.717, 1.165) is 24.9 Å². The molecule has 0 aliphatic rings. The summed E-state index contributed by atoms with van der Waals surface area (Å²) >= 11 is 0. The highest BCUT2D eigenvalue weighted by atomic mass is 16.5. The highest BCUT2D eigenvalue weighted by Crippen LogP contribution is 2.13. The van der Waals surface area contributed by atoms with Crippen molar-refractivity contribution in [3.8, 4) is 0 Å². The maximum atomic E-state index is 11.9. The molecule has 0 atom stereocenters. The quantitative estimate of drug-likeness (QED) is 0.333. The first-order chi connectivity index (χ1) is 10.6. The summed E-state index contributed by atoms with van der Waals surface area (Å²) in [6.45, 7) is 4.24. The summed E-state index contributed by atoms with van der Waals surface area (Å²) in [6, 6.07) is 7.49. The largest absolute Gasteiger partial charge is 0.462 e. The number of allylic oxidation sites excluding steroid dienone is 1. The van der Waals surface area contributed by atoms with Gasteiger partial charge in [0.2, 0.25) is 0 Å². The van der Waals surface area contributed by atoms with Crippen LogP contribution < -0.4 is 4.90 Å². The third-order valence-corrected chi connectivity index (χ3v) is 3.66. The van der Waals surface area contributed by atoms with E-state index in [-0.39, 0.29) is 5.97 Å². The number of unbranched alkanes of at least 4 members (excludes halogenated alkanes) is 6. The van der Waals surface area contributed by atoms with Gasteiger partial charge < -0.3 is 9.64 Å². The van der Waals surface area contributed by atoms with Crippen molar-refractivity contribution >= 4 is 11.7 Å². The lowest BCUT2D eigenvalue weighted by Gasteiger charge is -2.12. The Hall–Kier alpha value is -1.77. The van der Waals surface area contributed by atoms with Gasteiger partial charge in [-0.1, -0.05) is 31.8 Å². The van der Waals surface area contributed by atoms with Crippen molar-refractivity contribution in [2.24, 2.45) is 0 Å². The second-order valence-electron chi connectivity index (χ2n) is 5.78. The van der Waals surface area contributed by atoms with Gasteiger partial charge in [0.25, 0.3) is 0 Å². The van der Waals surface area contributed by atoms with Crippen LogP contribution >= 0.6 is 0 Å². The number of esters is 1. The van der Waals surface area contributed by atoms with Crippen molar-refractivity contribution in [1.29, 1.82) is 0 Å². The van der Waals surface area contributed by atoms with Crippen molar-refractivity contribution in [3.63, 3.8) is 0 Å². The van der Waals surface area contributed by atoms with Gasteiger partial charge in [-0.25, -0.2) is 4.79 Å². The lowest BCUT2D eigenvalue weighted by Crippen LogP contribution is -2.10. The van der Waals surface area contributed by atoms with Crippen molar-refractivity contribution in [1.82, 2.24) is 0 Å². The fourth-order valence-corrected chi connectivity index (χ4v) is 2.24. The Morgan fingerprint density at radius 2 is 1.64 bits per heavy atom. The number of anilines is 1. The molecule has 0 aliphatic carbocycles. The van der Waals surface area contributed by atoms with E-state index in [2.05, 4.69) is 6.58 Å². The van der Waals surface area contributed by atoms with Crippen LogP contribution in [0.5, 0.6) is 0 Å². The lowest BCUT2D eigenvalue weighted by molar-refractivity contribution is 0.0497. The number of hydrogen-bond acceptors (Lipinski definition) is 3. The lowest BCUT2D eigenvalue weighted by atomic mass is 10.1. The zero-order valence-electron chi connectivity index (χ0n) is 14.0. The van der Waals surface area contributed by atoms with Crippen LogP contribution in [0, 0.1) is 0 Å². The minimum absolute atomic E-state index is 0.226. The van der Waals surface area contributed by atoms with Gasteiger partial charge in [0, 0.05) is 19.8 Å². The standard InChI is InChI=1S/C19H29NO2/c1-4-5-6-7-8-9-10-11-16-22-19(21)17-12-14-18(15-13-17)20(2)3/h4,12-15H,1,5-11,16H2,2-3H3. The SMILES string of the molecule is C=CCCCCCCCCOC(=O)c1ccc(N(C)C)cc1. The van der Waals surface area contributed by atoms with Gasteiger partial charge in [0.1, 0.15) is 0 Å². The molecular weight excluding hydrogens is 274 g/mol. The summed E-state index contributed by atoms with van der Waals surface area (Å²) < 4.78 is 5.31. The number of nitrogens with zero attached hydrogens (tertiary/aromatic N) is 1. The number of ether oxygens (including phenoxy) is 1. The molecular formula is C19H29NO2. The Morgan fingerprint density at radius 1 is 1.05 bits per heavy atom. The molecule has 22 heavy (non-hydrogen) atoms. The molecule has 3 heteroatoms. The van der Waals surface area contributed by atoms with E-state index in [1.807, 2.05) is 49.3 Å². The smallest absolute Gasteiger partial charge is 0.338 e. The Balaban J connectivity index is 2.11. The van der Waals surface area contributed by atoms with Crippen molar-refractivity contribution < 1.29 is 9.53 Å². The van der Waals surface area contributed by atoms with Gasteiger partial charge in [0.05, 0.1) is 12.2 Å². The zero-order chi connectivity index (χ0) is 16.2. The van der Waals surface area contributed by atoms with Crippen LogP contribution in [-0.4, -0.2) is 26.7 Å². The van der Waals surface area contributed by atoms with E-state index in [0.29, 0.717) is 12.2 Å². The van der Waals surface area contributed by atoms with Crippen LogP contribution in [0.15, 0.2) is 36.9 Å². The molecule has 1 aromatic carbocycles. The molecule has 3 nitrogen and oxygen atoms in total. The van der Waals surface area contributed by atoms with Gasteiger partial charge in [-0.3, -0.25) is 0 Å². The molecule has 0 amide bonds. The van der Waals surface area contributed by atoms with Crippen molar-refractivity contribution in [2.75, 3.05) is 25.6 Å². The van der Waals surface area contributed by atoms with Crippen molar-refractivity contribution in [2.45, 2.75) is 44.9 Å². The highest BCUT2D eigenvalue weighted by Gasteiger charge is 2.06. The molecule has 1 aromatic rings. The van der Waals surface area contributed by atoms with E-state index in [9.17, 15) is 4.79 Å². The Bertz CT molecular complexity index is 437. The molecule has 1 rings (SSSR count). The molecule has 0 spiro atoms. The maximum absolute atomic E-state index is 11.9. The maximum Gasteiger partial charge on any atom is 0.338 e. The summed E-state index contributed by atoms with van der Waals surface area (Å²) in [5, 5.41) is 0. The molecule has 0 aliphatic heterocycles. The number of carbonyl (C=O) groups excluding carboxylic acids is 1. The summed E-state index contributed by atoms with van der Waals surface area (Å²) in [5.41, 5.74) is 1.70. The molecule has 0 bridgehead atoms. The first-order valence-corrected chi connectivity index (χ1v) is 8.20. The Morgan fingerprint density at radius 3 is 2.23 bits per heavy atom. The Kier molecular flexibility index (Phi) is 9.04. The third-order valence-electron chi connectivity index (χ3n) is 3.66. The van der Waals surface area contributed by atoms with Gasteiger partial charge in [-0.2, -0.15) is 0 Å². The highest BCUT2D eigenvalue weighted by molar-refractivity contribution is 5.89. The van der Waals surface area contributed by atoms with E-state index >= 15 is 0 Å². The number of benzene rings is 1. The monoisotopic (exact) mass is 303 g/mol. The van der Waals surface area contributed by atoms with Gasteiger partial charge in [-0.15, -0.1) is 6.58 Å². The van der Waals surface area contributed by atoms with E-state index in [1.54, 1.807) is 0 Å². The second-order valence-corrected chi connectivity index (χ2v) is 5.78. The minimum Gasteiger partial charge on any atom is -0.462 e. The molecule has 122 valence electrons. The normalized spacial score (nSPS) is 10.3. The number of hydrogen-bond donors (Lipinski definition) is 0. The molecule has 0 saturated carbocycles. The fraction of sp³-hybridized carbons (Fsp3) is 0.526. The van der Waals surface area contributed by atoms with E-state index < -0.39 is 0 Å². The molecule has 0 aromatic heterocycles. The zero-order valence-corrected chi connectivity index (χ0v) is 14.0. The van der Waals surface area contributed by atoms with E-state index in [4.69, 9.17) is 4.74 Å². The second kappa shape index (κ2) is 10.9. The van der Waals surface area contributed by atoms with Crippen LogP contribution in [0.4, 0.5) is 5.69 Å². The van der Waals surface area contributed by atoms with Gasteiger partial charge >= 0.3 is 5.97 Å². The summed E-state index contributed by atoms with van der Waals surface area (Å²) in [5.74, 6) is -0.226. The van der Waals surface area contributed by atoms with Crippen LogP contribution in [0.3, 0.4) is 0 Å². The average Bonchev–Trinajstić information content (AvgIpc) is 2.53. The van der Waals surface area contributed by atoms with Crippen LogP contribution in [-0.2, 0) is 4.74 Å². The third kappa shape index (κ3) is 7.30. The summed E-state index contributed by atoms with van der Waals surface area (Å²) in [4.78, 5) is 13.9. The van der Waals surface area contributed by atoms with Crippen LogP contribution in [0.25, 0.3) is 0 Å². The fourth-order valence-electron chi connectivity index (χ4n) is 2.24. The number of carbonyl (C=O) groups is 1. The molecule has 0 unspecified atom stereocenters. The summed E-state index contributed by atoms with van der Waals surface area (Å²) in [6.07, 6.45) is 10.1. The van der Waals surface area contributed by atoms with Gasteiger partial charge in [0.15, 0.2) is 0 Å². The molecule has 0 radical (unpaired) electrons. The average molecular weight is 303 g/mol. The first kappa shape index (κ1) is 18.3. The molecule has 0 N–H and O–H groups in total. The van der Waals surface area contributed by atoms with Crippen molar-refractivity contribution in [3.05, 3.63) is 42.5 Å². The topological polar surface area (TPSA) is 29.5 Å².